The maximum Gasteiger partial charge on any atom is 0.229 e. The number of aromatic amines is 1. The minimum absolute atomic E-state index is 0.0988. The predicted octanol–water partition coefficient (Wildman–Crippen LogP) is 3.18. The highest BCUT2D eigenvalue weighted by Gasteiger charge is 2.37. The molecule has 0 bridgehead atoms. The van der Waals surface area contributed by atoms with Crippen molar-refractivity contribution >= 4 is 11.7 Å². The minimum Gasteiger partial charge on any atom is -0.309 e. The van der Waals surface area contributed by atoms with Gasteiger partial charge in [-0.15, -0.1) is 0 Å². The standard InChI is InChI=1S/C14H23N3O/c1-9-10(2)16-17-12(9)15-13(18)11-7-5-6-8-14(11,3)4/h11H,5-8H2,1-4H3,(H2,15,16,17,18). The zero-order valence-electron chi connectivity index (χ0n) is 11.8. The van der Waals surface area contributed by atoms with Gasteiger partial charge in [0.2, 0.25) is 5.91 Å². The molecule has 100 valence electrons. The van der Waals surface area contributed by atoms with Gasteiger partial charge in [0.15, 0.2) is 5.82 Å². The van der Waals surface area contributed by atoms with Crippen LogP contribution in [0.25, 0.3) is 0 Å². The first-order chi connectivity index (χ1) is 8.42. The van der Waals surface area contributed by atoms with Crippen LogP contribution < -0.4 is 5.32 Å². The first kappa shape index (κ1) is 13.1. The molecule has 0 spiro atoms. The molecule has 0 aromatic carbocycles. The molecule has 1 aromatic rings. The predicted molar refractivity (Wildman–Crippen MR) is 72.4 cm³/mol. The summed E-state index contributed by atoms with van der Waals surface area (Å²) in [6.07, 6.45) is 4.50. The number of anilines is 1. The third kappa shape index (κ3) is 2.42. The van der Waals surface area contributed by atoms with E-state index in [1.165, 1.54) is 6.42 Å². The van der Waals surface area contributed by atoms with Crippen LogP contribution in [-0.4, -0.2) is 16.1 Å². The number of H-pyrrole nitrogens is 1. The number of aromatic nitrogens is 2. The van der Waals surface area contributed by atoms with E-state index in [0.29, 0.717) is 5.82 Å². The zero-order chi connectivity index (χ0) is 13.3. The van der Waals surface area contributed by atoms with E-state index in [-0.39, 0.29) is 17.2 Å². The smallest absolute Gasteiger partial charge is 0.229 e. The van der Waals surface area contributed by atoms with Crippen molar-refractivity contribution in [2.24, 2.45) is 11.3 Å². The third-order valence-corrected chi connectivity index (χ3v) is 4.32. The summed E-state index contributed by atoms with van der Waals surface area (Å²) in [6, 6.07) is 0. The normalized spacial score (nSPS) is 22.8. The van der Waals surface area contributed by atoms with Crippen molar-refractivity contribution in [2.75, 3.05) is 5.32 Å². The van der Waals surface area contributed by atoms with Gasteiger partial charge in [0.25, 0.3) is 0 Å². The molecule has 1 amide bonds. The van der Waals surface area contributed by atoms with E-state index >= 15 is 0 Å². The molecule has 0 radical (unpaired) electrons. The van der Waals surface area contributed by atoms with Gasteiger partial charge in [-0.25, -0.2) is 0 Å². The van der Waals surface area contributed by atoms with E-state index in [4.69, 9.17) is 0 Å². The van der Waals surface area contributed by atoms with E-state index in [9.17, 15) is 4.79 Å². The van der Waals surface area contributed by atoms with Crippen molar-refractivity contribution in [3.63, 3.8) is 0 Å². The summed E-state index contributed by atoms with van der Waals surface area (Å²) in [7, 11) is 0. The Bertz CT molecular complexity index is 448. The molecule has 1 aliphatic carbocycles. The van der Waals surface area contributed by atoms with E-state index in [2.05, 4.69) is 29.4 Å². The maximum atomic E-state index is 12.4. The fourth-order valence-electron chi connectivity index (χ4n) is 2.79. The van der Waals surface area contributed by atoms with Crippen LogP contribution in [0.5, 0.6) is 0 Å². The average molecular weight is 249 g/mol. The summed E-state index contributed by atoms with van der Waals surface area (Å²) < 4.78 is 0. The second-order valence-corrected chi connectivity index (χ2v) is 6.10. The molecule has 0 aliphatic heterocycles. The molecule has 1 unspecified atom stereocenters. The molecule has 0 saturated heterocycles. The van der Waals surface area contributed by atoms with Crippen LogP contribution in [0.15, 0.2) is 0 Å². The first-order valence-electron chi connectivity index (χ1n) is 6.74. The van der Waals surface area contributed by atoms with E-state index < -0.39 is 0 Å². The molecule has 2 rings (SSSR count). The van der Waals surface area contributed by atoms with Crippen molar-refractivity contribution in [3.8, 4) is 0 Å². The lowest BCUT2D eigenvalue weighted by molar-refractivity contribution is -0.124. The molecular weight excluding hydrogens is 226 g/mol. The van der Waals surface area contributed by atoms with Crippen LogP contribution in [-0.2, 0) is 4.79 Å². The van der Waals surface area contributed by atoms with Gasteiger partial charge in [0.1, 0.15) is 0 Å². The monoisotopic (exact) mass is 249 g/mol. The third-order valence-electron chi connectivity index (χ3n) is 4.32. The number of aryl methyl sites for hydroxylation is 1. The van der Waals surface area contributed by atoms with Gasteiger partial charge in [0.05, 0.1) is 0 Å². The number of nitrogens with one attached hydrogen (secondary N) is 2. The minimum atomic E-state index is 0.0988. The number of carbonyl (C=O) groups is 1. The van der Waals surface area contributed by atoms with Crippen molar-refractivity contribution < 1.29 is 4.79 Å². The van der Waals surface area contributed by atoms with Gasteiger partial charge >= 0.3 is 0 Å². The Morgan fingerprint density at radius 2 is 2.11 bits per heavy atom. The van der Waals surface area contributed by atoms with Gasteiger partial charge in [0, 0.05) is 17.2 Å². The summed E-state index contributed by atoms with van der Waals surface area (Å²) in [5.41, 5.74) is 2.13. The molecule has 1 aliphatic rings. The first-order valence-corrected chi connectivity index (χ1v) is 6.74. The lowest BCUT2D eigenvalue weighted by Crippen LogP contribution is -2.37. The van der Waals surface area contributed by atoms with E-state index in [1.54, 1.807) is 0 Å². The quantitative estimate of drug-likeness (QED) is 0.845. The Morgan fingerprint density at radius 1 is 1.39 bits per heavy atom. The fourth-order valence-corrected chi connectivity index (χ4v) is 2.79. The van der Waals surface area contributed by atoms with Crippen molar-refractivity contribution in [2.45, 2.75) is 53.4 Å². The number of amides is 1. The number of carbonyl (C=O) groups excluding carboxylic acids is 1. The van der Waals surface area contributed by atoms with Crippen LogP contribution in [0.2, 0.25) is 0 Å². The van der Waals surface area contributed by atoms with Gasteiger partial charge in [-0.1, -0.05) is 26.7 Å². The van der Waals surface area contributed by atoms with Crippen LogP contribution in [0.3, 0.4) is 0 Å². The van der Waals surface area contributed by atoms with Crippen LogP contribution >= 0.6 is 0 Å². The Labute approximate surface area is 109 Å². The molecular formula is C14H23N3O. The molecule has 2 N–H and O–H groups in total. The summed E-state index contributed by atoms with van der Waals surface area (Å²) >= 11 is 0. The highest BCUT2D eigenvalue weighted by molar-refractivity contribution is 5.92. The van der Waals surface area contributed by atoms with Gasteiger partial charge in [-0.2, -0.15) is 5.10 Å². The highest BCUT2D eigenvalue weighted by atomic mass is 16.2. The lowest BCUT2D eigenvalue weighted by atomic mass is 9.68. The van der Waals surface area contributed by atoms with Crippen LogP contribution in [0, 0.1) is 25.2 Å². The SMILES string of the molecule is Cc1[nH]nc(NC(=O)C2CCCCC2(C)C)c1C. The summed E-state index contributed by atoms with van der Waals surface area (Å²) in [4.78, 5) is 12.4. The van der Waals surface area contributed by atoms with Crippen molar-refractivity contribution in [1.29, 1.82) is 0 Å². The van der Waals surface area contributed by atoms with Crippen molar-refractivity contribution in [3.05, 3.63) is 11.3 Å². The molecule has 1 heterocycles. The van der Waals surface area contributed by atoms with Crippen molar-refractivity contribution in [1.82, 2.24) is 10.2 Å². The summed E-state index contributed by atoms with van der Waals surface area (Å²) in [5.74, 6) is 0.899. The molecule has 1 saturated carbocycles. The Kier molecular flexibility index (Phi) is 3.46. The second kappa shape index (κ2) is 4.75. The topological polar surface area (TPSA) is 57.8 Å². The largest absolute Gasteiger partial charge is 0.309 e. The molecule has 1 atom stereocenters. The molecule has 4 heteroatoms. The Balaban J connectivity index is 2.10. The van der Waals surface area contributed by atoms with E-state index in [0.717, 1.165) is 30.5 Å². The molecule has 4 nitrogen and oxygen atoms in total. The number of nitrogens with zero attached hydrogens (tertiary/aromatic N) is 1. The molecule has 1 aromatic heterocycles. The average Bonchev–Trinajstić information content (AvgIpc) is 2.60. The number of hydrogen-bond acceptors (Lipinski definition) is 2. The Hall–Kier alpha value is -1.32. The van der Waals surface area contributed by atoms with Crippen LogP contribution in [0.1, 0.15) is 50.8 Å². The number of hydrogen-bond donors (Lipinski definition) is 2. The highest BCUT2D eigenvalue weighted by Crippen LogP contribution is 2.41. The molecule has 1 fully saturated rings. The van der Waals surface area contributed by atoms with Gasteiger partial charge in [-0.3, -0.25) is 9.89 Å². The summed E-state index contributed by atoms with van der Waals surface area (Å²) in [6.45, 7) is 8.32. The summed E-state index contributed by atoms with van der Waals surface area (Å²) in [5, 5.41) is 10.0. The fraction of sp³-hybridized carbons (Fsp3) is 0.714. The molecule has 18 heavy (non-hydrogen) atoms. The lowest BCUT2D eigenvalue weighted by Gasteiger charge is -2.37. The van der Waals surface area contributed by atoms with Gasteiger partial charge in [-0.05, 0) is 32.1 Å². The Morgan fingerprint density at radius 3 is 2.67 bits per heavy atom. The zero-order valence-corrected chi connectivity index (χ0v) is 11.8. The van der Waals surface area contributed by atoms with Gasteiger partial charge < -0.3 is 5.32 Å². The number of rotatable bonds is 2. The van der Waals surface area contributed by atoms with E-state index in [1.807, 2.05) is 13.8 Å². The maximum absolute atomic E-state index is 12.4. The van der Waals surface area contributed by atoms with Crippen LogP contribution in [0.4, 0.5) is 5.82 Å². The second-order valence-electron chi connectivity index (χ2n) is 6.10.